The van der Waals surface area contributed by atoms with E-state index in [2.05, 4.69) is 10.3 Å². The summed E-state index contributed by atoms with van der Waals surface area (Å²) < 4.78 is 0. The summed E-state index contributed by atoms with van der Waals surface area (Å²) in [7, 11) is 0. The van der Waals surface area contributed by atoms with E-state index >= 15 is 0 Å². The van der Waals surface area contributed by atoms with Crippen molar-refractivity contribution in [2.75, 3.05) is 11.9 Å². The fourth-order valence-corrected chi connectivity index (χ4v) is 2.65. The van der Waals surface area contributed by atoms with Gasteiger partial charge in [0, 0.05) is 12.7 Å². The lowest BCUT2D eigenvalue weighted by molar-refractivity contribution is 0.1000. The van der Waals surface area contributed by atoms with Crippen molar-refractivity contribution in [2.45, 2.75) is 38.1 Å². The van der Waals surface area contributed by atoms with Gasteiger partial charge in [-0.25, -0.2) is 4.98 Å². The maximum atomic E-state index is 11.5. The highest BCUT2D eigenvalue weighted by molar-refractivity contribution is 5.99. The molecule has 0 radical (unpaired) electrons. The van der Waals surface area contributed by atoms with Crippen LogP contribution in [0.25, 0.3) is 0 Å². The van der Waals surface area contributed by atoms with Gasteiger partial charge in [-0.2, -0.15) is 0 Å². The molecule has 1 aromatic heterocycles. The topological polar surface area (TPSA) is 94.0 Å². The third-order valence-electron chi connectivity index (χ3n) is 3.74. The quantitative estimate of drug-likeness (QED) is 0.745. The molecule has 0 aromatic carbocycles. The SMILES string of the molecule is Cc1ccnc(NC2(CN)CCCC2)c1C(N)=O. The summed E-state index contributed by atoms with van der Waals surface area (Å²) >= 11 is 0. The van der Waals surface area contributed by atoms with Crippen LogP contribution in [0.1, 0.15) is 41.6 Å². The highest BCUT2D eigenvalue weighted by Gasteiger charge is 2.33. The number of nitrogens with zero attached hydrogens (tertiary/aromatic N) is 1. The number of aryl methyl sites for hydroxylation is 1. The summed E-state index contributed by atoms with van der Waals surface area (Å²) in [5.74, 6) is 0.114. The summed E-state index contributed by atoms with van der Waals surface area (Å²) in [6, 6.07) is 1.79. The Balaban J connectivity index is 2.34. The molecular weight excluding hydrogens is 228 g/mol. The van der Waals surface area contributed by atoms with E-state index in [0.29, 0.717) is 17.9 Å². The van der Waals surface area contributed by atoms with E-state index in [9.17, 15) is 4.79 Å². The number of nitrogens with one attached hydrogen (secondary N) is 1. The molecule has 0 spiro atoms. The van der Waals surface area contributed by atoms with Gasteiger partial charge in [-0.1, -0.05) is 12.8 Å². The highest BCUT2D eigenvalue weighted by Crippen LogP contribution is 2.33. The fourth-order valence-electron chi connectivity index (χ4n) is 2.65. The zero-order valence-corrected chi connectivity index (χ0v) is 10.7. The molecule has 1 aliphatic rings. The van der Waals surface area contributed by atoms with Crippen molar-refractivity contribution in [3.05, 3.63) is 23.4 Å². The number of carbonyl (C=O) groups is 1. The molecule has 5 heteroatoms. The van der Waals surface area contributed by atoms with E-state index < -0.39 is 5.91 Å². The molecule has 98 valence electrons. The second-order valence-corrected chi connectivity index (χ2v) is 5.03. The Morgan fingerprint density at radius 2 is 2.17 bits per heavy atom. The van der Waals surface area contributed by atoms with Crippen molar-refractivity contribution in [2.24, 2.45) is 11.5 Å². The largest absolute Gasteiger partial charge is 0.365 e. The Kier molecular flexibility index (Phi) is 3.52. The maximum absolute atomic E-state index is 11.5. The molecule has 5 N–H and O–H groups in total. The molecule has 0 atom stereocenters. The summed E-state index contributed by atoms with van der Waals surface area (Å²) in [6.45, 7) is 2.40. The third kappa shape index (κ3) is 2.31. The van der Waals surface area contributed by atoms with E-state index in [4.69, 9.17) is 11.5 Å². The number of nitrogens with two attached hydrogens (primary N) is 2. The minimum atomic E-state index is -0.451. The molecule has 1 saturated carbocycles. The van der Waals surface area contributed by atoms with Crippen LogP contribution in [0.3, 0.4) is 0 Å². The van der Waals surface area contributed by atoms with E-state index in [0.717, 1.165) is 31.2 Å². The second-order valence-electron chi connectivity index (χ2n) is 5.03. The van der Waals surface area contributed by atoms with E-state index in [1.165, 1.54) is 0 Å². The van der Waals surface area contributed by atoms with E-state index in [-0.39, 0.29) is 5.54 Å². The van der Waals surface area contributed by atoms with Gasteiger partial charge >= 0.3 is 0 Å². The number of rotatable bonds is 4. The van der Waals surface area contributed by atoms with Gasteiger partial charge in [-0.05, 0) is 31.4 Å². The highest BCUT2D eigenvalue weighted by atomic mass is 16.1. The lowest BCUT2D eigenvalue weighted by atomic mass is 9.97. The molecular formula is C13H20N4O. The average molecular weight is 248 g/mol. The Hall–Kier alpha value is -1.62. The minimum absolute atomic E-state index is 0.134. The zero-order valence-electron chi connectivity index (χ0n) is 10.7. The van der Waals surface area contributed by atoms with Gasteiger partial charge in [0.25, 0.3) is 5.91 Å². The lowest BCUT2D eigenvalue weighted by Crippen LogP contribution is -2.43. The number of primary amides is 1. The van der Waals surface area contributed by atoms with Crippen molar-refractivity contribution in [1.29, 1.82) is 0 Å². The summed E-state index contributed by atoms with van der Waals surface area (Å²) in [5, 5.41) is 3.36. The predicted molar refractivity (Wildman–Crippen MR) is 71.4 cm³/mol. The standard InChI is InChI=1S/C13H20N4O/c1-9-4-7-16-12(10(9)11(15)18)17-13(8-14)5-2-3-6-13/h4,7H,2-3,5-6,8,14H2,1H3,(H2,15,18)(H,16,17). The van der Waals surface area contributed by atoms with Crippen LogP contribution < -0.4 is 16.8 Å². The van der Waals surface area contributed by atoms with Crippen molar-refractivity contribution in [3.63, 3.8) is 0 Å². The first-order chi connectivity index (χ1) is 8.58. The van der Waals surface area contributed by atoms with Crippen LogP contribution in [0, 0.1) is 6.92 Å². The monoisotopic (exact) mass is 248 g/mol. The van der Waals surface area contributed by atoms with Gasteiger partial charge in [-0.15, -0.1) is 0 Å². The molecule has 0 saturated heterocycles. The Morgan fingerprint density at radius 1 is 1.50 bits per heavy atom. The lowest BCUT2D eigenvalue weighted by Gasteiger charge is -2.30. The smallest absolute Gasteiger partial charge is 0.252 e. The van der Waals surface area contributed by atoms with Crippen LogP contribution in [-0.2, 0) is 0 Å². The first-order valence-electron chi connectivity index (χ1n) is 6.32. The molecule has 1 aromatic rings. The molecule has 1 heterocycles. The van der Waals surface area contributed by atoms with Gasteiger partial charge in [0.15, 0.2) is 0 Å². The third-order valence-corrected chi connectivity index (χ3v) is 3.74. The van der Waals surface area contributed by atoms with Gasteiger partial charge in [0.2, 0.25) is 0 Å². The minimum Gasteiger partial charge on any atom is -0.365 e. The molecule has 1 fully saturated rings. The van der Waals surface area contributed by atoms with E-state index in [1.54, 1.807) is 12.3 Å². The molecule has 18 heavy (non-hydrogen) atoms. The summed E-state index contributed by atoms with van der Waals surface area (Å²) in [6.07, 6.45) is 6.02. The number of anilines is 1. The molecule has 2 rings (SSSR count). The van der Waals surface area contributed by atoms with Crippen LogP contribution >= 0.6 is 0 Å². The molecule has 1 aliphatic carbocycles. The Labute approximate surface area is 107 Å². The molecule has 1 amide bonds. The molecule has 0 unspecified atom stereocenters. The number of amides is 1. The number of hydrogen-bond donors (Lipinski definition) is 3. The van der Waals surface area contributed by atoms with Gasteiger partial charge in [0.1, 0.15) is 5.82 Å². The van der Waals surface area contributed by atoms with Gasteiger partial charge in [0.05, 0.1) is 11.1 Å². The zero-order chi connectivity index (χ0) is 13.2. The van der Waals surface area contributed by atoms with Crippen LogP contribution in [0.15, 0.2) is 12.3 Å². The van der Waals surface area contributed by atoms with Gasteiger partial charge in [-0.3, -0.25) is 4.79 Å². The normalized spacial score (nSPS) is 17.7. The first-order valence-corrected chi connectivity index (χ1v) is 6.32. The van der Waals surface area contributed by atoms with Crippen LogP contribution in [-0.4, -0.2) is 23.0 Å². The number of aromatic nitrogens is 1. The van der Waals surface area contributed by atoms with Crippen molar-refractivity contribution in [1.82, 2.24) is 4.98 Å². The second kappa shape index (κ2) is 4.94. The van der Waals surface area contributed by atoms with Crippen molar-refractivity contribution < 1.29 is 4.79 Å². The predicted octanol–water partition coefficient (Wildman–Crippen LogP) is 1.17. The molecule has 0 bridgehead atoms. The molecule has 5 nitrogen and oxygen atoms in total. The fraction of sp³-hybridized carbons (Fsp3) is 0.538. The van der Waals surface area contributed by atoms with Crippen LogP contribution in [0.2, 0.25) is 0 Å². The van der Waals surface area contributed by atoms with Crippen LogP contribution in [0.4, 0.5) is 5.82 Å². The summed E-state index contributed by atoms with van der Waals surface area (Å²) in [4.78, 5) is 15.8. The average Bonchev–Trinajstić information content (AvgIpc) is 2.78. The molecule has 0 aliphatic heterocycles. The summed E-state index contributed by atoms with van der Waals surface area (Å²) in [5.41, 5.74) is 12.5. The first kappa shape index (κ1) is 12.8. The van der Waals surface area contributed by atoms with Crippen LogP contribution in [0.5, 0.6) is 0 Å². The Bertz CT molecular complexity index is 452. The van der Waals surface area contributed by atoms with E-state index in [1.807, 2.05) is 6.92 Å². The van der Waals surface area contributed by atoms with Gasteiger partial charge < -0.3 is 16.8 Å². The van der Waals surface area contributed by atoms with Crippen molar-refractivity contribution >= 4 is 11.7 Å². The number of hydrogen-bond acceptors (Lipinski definition) is 4. The maximum Gasteiger partial charge on any atom is 0.252 e. The number of pyridine rings is 1. The Morgan fingerprint density at radius 3 is 2.72 bits per heavy atom. The van der Waals surface area contributed by atoms with Crippen molar-refractivity contribution in [3.8, 4) is 0 Å². The number of carbonyl (C=O) groups excluding carboxylic acids is 1.